The van der Waals surface area contributed by atoms with Crippen molar-refractivity contribution in [3.05, 3.63) is 123 Å². The molecule has 0 bridgehead atoms. The number of pyridine rings is 1. The van der Waals surface area contributed by atoms with Crippen LogP contribution in [0.15, 0.2) is 72.8 Å². The van der Waals surface area contributed by atoms with Gasteiger partial charge in [-0.1, -0.05) is 114 Å². The van der Waals surface area contributed by atoms with Crippen LogP contribution in [-0.4, -0.2) is 4.98 Å². The van der Waals surface area contributed by atoms with Gasteiger partial charge in [-0.25, -0.2) is 4.98 Å². The maximum absolute atomic E-state index is 5.48. The fourth-order valence-corrected chi connectivity index (χ4v) is 6.46. The highest BCUT2D eigenvalue weighted by molar-refractivity contribution is 5.93. The topological polar surface area (TPSA) is 12.9 Å². The molecule has 1 aromatic heterocycles. The Bertz CT molecular complexity index is 1510. The van der Waals surface area contributed by atoms with Crippen molar-refractivity contribution in [1.82, 2.24) is 4.98 Å². The van der Waals surface area contributed by atoms with E-state index in [4.69, 9.17) is 4.98 Å². The molecule has 208 valence electrons. The van der Waals surface area contributed by atoms with Crippen LogP contribution >= 0.6 is 0 Å². The summed E-state index contributed by atoms with van der Waals surface area (Å²) in [5.41, 5.74) is 17.5. The minimum atomic E-state index is 0.533. The molecule has 0 saturated heterocycles. The first-order valence-corrected chi connectivity index (χ1v) is 15.6. The van der Waals surface area contributed by atoms with Crippen molar-refractivity contribution in [1.29, 1.82) is 0 Å². The number of allylic oxidation sites excluding steroid dienone is 2. The van der Waals surface area contributed by atoms with E-state index in [9.17, 15) is 0 Å². The number of rotatable bonds is 6. The first kappa shape index (κ1) is 27.5. The molecular weight excluding hydrogens is 494 g/mol. The van der Waals surface area contributed by atoms with Crippen molar-refractivity contribution in [3.63, 3.8) is 0 Å². The Kier molecular flexibility index (Phi) is 7.56. The number of fused-ring (bicyclic) bond motifs is 2. The zero-order chi connectivity index (χ0) is 28.7. The van der Waals surface area contributed by atoms with Crippen LogP contribution < -0.4 is 0 Å². The van der Waals surface area contributed by atoms with Gasteiger partial charge in [-0.05, 0) is 117 Å². The predicted molar refractivity (Wildman–Crippen MR) is 177 cm³/mol. The van der Waals surface area contributed by atoms with E-state index in [1.807, 2.05) is 0 Å². The summed E-state index contributed by atoms with van der Waals surface area (Å²) >= 11 is 0. The van der Waals surface area contributed by atoms with Crippen LogP contribution in [0.3, 0.4) is 0 Å². The average molecular weight is 538 g/mol. The Morgan fingerprint density at radius 3 is 1.22 bits per heavy atom. The van der Waals surface area contributed by atoms with E-state index < -0.39 is 0 Å². The predicted octanol–water partition coefficient (Wildman–Crippen LogP) is 11.1. The van der Waals surface area contributed by atoms with Crippen molar-refractivity contribution in [2.45, 2.75) is 85.0 Å². The number of hydrogen-bond donors (Lipinski definition) is 0. The van der Waals surface area contributed by atoms with Crippen molar-refractivity contribution in [2.75, 3.05) is 0 Å². The third-order valence-corrected chi connectivity index (χ3v) is 9.05. The summed E-state index contributed by atoms with van der Waals surface area (Å²) in [6, 6.07) is 27.5. The van der Waals surface area contributed by atoms with Crippen LogP contribution in [0.5, 0.6) is 0 Å². The molecule has 0 atom stereocenters. The molecule has 1 heterocycles. The van der Waals surface area contributed by atoms with Crippen LogP contribution in [0.2, 0.25) is 0 Å². The quantitative estimate of drug-likeness (QED) is 0.238. The largest absolute Gasteiger partial charge is 0.248 e. The van der Waals surface area contributed by atoms with E-state index in [-0.39, 0.29) is 0 Å². The number of aromatic nitrogens is 1. The van der Waals surface area contributed by atoms with Gasteiger partial charge in [0.25, 0.3) is 0 Å². The third-order valence-electron chi connectivity index (χ3n) is 9.05. The summed E-state index contributed by atoms with van der Waals surface area (Å²) in [7, 11) is 0. The summed E-state index contributed by atoms with van der Waals surface area (Å²) in [6.45, 7) is 13.6. The minimum absolute atomic E-state index is 0.533. The summed E-state index contributed by atoms with van der Waals surface area (Å²) in [4.78, 5) is 5.48. The van der Waals surface area contributed by atoms with Gasteiger partial charge in [-0.3, -0.25) is 0 Å². The molecule has 4 aromatic rings. The van der Waals surface area contributed by atoms with Crippen LogP contribution in [0, 0.1) is 0 Å². The molecule has 0 radical (unpaired) electrons. The molecule has 0 aliphatic heterocycles. The number of hydrogen-bond acceptors (Lipinski definition) is 1. The number of nitrogens with zero attached hydrogens (tertiary/aromatic N) is 1. The zero-order valence-electron chi connectivity index (χ0n) is 25.6. The molecule has 0 saturated carbocycles. The molecule has 1 nitrogen and oxygen atoms in total. The minimum Gasteiger partial charge on any atom is -0.248 e. The lowest BCUT2D eigenvalue weighted by Crippen LogP contribution is -2.01. The monoisotopic (exact) mass is 537 g/mol. The maximum atomic E-state index is 5.48. The fourth-order valence-electron chi connectivity index (χ4n) is 6.46. The average Bonchev–Trinajstić information content (AvgIpc) is 3.56. The van der Waals surface area contributed by atoms with Gasteiger partial charge in [0.1, 0.15) is 0 Å². The van der Waals surface area contributed by atoms with E-state index in [2.05, 4.69) is 126 Å². The van der Waals surface area contributed by atoms with Crippen molar-refractivity contribution >= 4 is 23.3 Å². The molecule has 41 heavy (non-hydrogen) atoms. The zero-order valence-corrected chi connectivity index (χ0v) is 25.6. The third kappa shape index (κ3) is 5.47. The van der Waals surface area contributed by atoms with Crippen molar-refractivity contribution in [3.8, 4) is 11.1 Å². The summed E-state index contributed by atoms with van der Waals surface area (Å²) in [5.74, 6) is 1.63. The molecule has 2 aliphatic carbocycles. The van der Waals surface area contributed by atoms with Gasteiger partial charge in [-0.2, -0.15) is 0 Å². The Labute approximate surface area is 247 Å². The van der Waals surface area contributed by atoms with Gasteiger partial charge in [0, 0.05) is 0 Å². The van der Waals surface area contributed by atoms with E-state index in [0.29, 0.717) is 17.8 Å². The molecule has 0 fully saturated rings. The van der Waals surface area contributed by atoms with E-state index in [1.54, 1.807) is 0 Å². The van der Waals surface area contributed by atoms with Crippen molar-refractivity contribution in [2.24, 2.45) is 0 Å². The van der Waals surface area contributed by atoms with Gasteiger partial charge in [0.15, 0.2) is 0 Å². The van der Waals surface area contributed by atoms with Gasteiger partial charge < -0.3 is 0 Å². The lowest BCUT2D eigenvalue weighted by molar-refractivity contribution is 0.866. The lowest BCUT2D eigenvalue weighted by Gasteiger charge is -2.16. The maximum Gasteiger partial charge on any atom is 0.0707 e. The Balaban J connectivity index is 1.47. The van der Waals surface area contributed by atoms with Crippen LogP contribution in [0.4, 0.5) is 0 Å². The van der Waals surface area contributed by atoms with E-state index >= 15 is 0 Å². The molecule has 1 heteroatoms. The molecular formula is C40H43N. The first-order valence-electron chi connectivity index (χ1n) is 15.6. The Hall–Kier alpha value is -3.71. The summed E-state index contributed by atoms with van der Waals surface area (Å²) < 4.78 is 0. The van der Waals surface area contributed by atoms with Crippen LogP contribution in [0.25, 0.3) is 34.4 Å². The normalized spacial score (nSPS) is 16.4. The Morgan fingerprint density at radius 2 is 0.854 bits per heavy atom. The second-order valence-electron chi connectivity index (χ2n) is 12.9. The van der Waals surface area contributed by atoms with Gasteiger partial charge in [0.05, 0.1) is 11.4 Å². The van der Waals surface area contributed by atoms with Gasteiger partial charge >= 0.3 is 0 Å². The van der Waals surface area contributed by atoms with E-state index in [0.717, 1.165) is 25.7 Å². The highest BCUT2D eigenvalue weighted by atomic mass is 14.8. The standard InChI is InChI=1S/C40H43N/c1-25(2)30-11-7-28(8-12-30)23-34-19-21-36-38(33-17-15-32(16-18-33)27(5)6)37-22-20-35(40(37)41-39(34)36)24-29-9-13-31(14-10-29)26(3)4/h7-18,23-27H,19-22H2,1-6H3. The second kappa shape index (κ2) is 11.3. The molecule has 0 amide bonds. The molecule has 3 aromatic carbocycles. The van der Waals surface area contributed by atoms with Crippen molar-refractivity contribution < 1.29 is 0 Å². The summed E-state index contributed by atoms with van der Waals surface area (Å²) in [6.07, 6.45) is 8.97. The number of benzene rings is 3. The highest BCUT2D eigenvalue weighted by Gasteiger charge is 2.30. The first-order chi connectivity index (χ1) is 19.8. The molecule has 0 spiro atoms. The molecule has 2 aliphatic rings. The highest BCUT2D eigenvalue weighted by Crippen LogP contribution is 2.46. The fraction of sp³-hybridized carbons (Fsp3) is 0.325. The van der Waals surface area contributed by atoms with Crippen LogP contribution in [-0.2, 0) is 12.8 Å². The second-order valence-corrected chi connectivity index (χ2v) is 12.9. The summed E-state index contributed by atoms with van der Waals surface area (Å²) in [5, 5.41) is 0. The van der Waals surface area contributed by atoms with Gasteiger partial charge in [0.2, 0.25) is 0 Å². The molecule has 0 N–H and O–H groups in total. The molecule has 0 unspecified atom stereocenters. The molecule has 6 rings (SSSR count). The van der Waals surface area contributed by atoms with E-state index in [1.165, 1.54) is 72.6 Å². The van der Waals surface area contributed by atoms with Crippen LogP contribution in [0.1, 0.15) is 122 Å². The van der Waals surface area contributed by atoms with Gasteiger partial charge in [-0.15, -0.1) is 0 Å². The SMILES string of the molecule is CC(C)c1ccc(C=C2CCc3c2nc2c(c3-c3ccc(C(C)C)cc3)CCC2=Cc2ccc(C(C)C)cc2)cc1. The smallest absolute Gasteiger partial charge is 0.0707 e. The lowest BCUT2D eigenvalue weighted by atomic mass is 9.91. The Morgan fingerprint density at radius 1 is 0.488 bits per heavy atom.